The smallest absolute Gasteiger partial charge is 0.337 e. The molecule has 0 saturated carbocycles. The van der Waals surface area contributed by atoms with E-state index in [1.165, 1.54) is 13.1 Å². The number of carboxylic acid groups (broad SMARTS) is 1. The molecule has 16 heavy (non-hydrogen) atoms. The molecular formula is C9H12N2O4S. The van der Waals surface area contributed by atoms with Gasteiger partial charge in [-0.15, -0.1) is 0 Å². The fourth-order valence-electron chi connectivity index (χ4n) is 1.17. The fourth-order valence-corrected chi connectivity index (χ4v) is 1.81. The summed E-state index contributed by atoms with van der Waals surface area (Å²) in [4.78, 5) is 10.9. The van der Waals surface area contributed by atoms with E-state index in [1.54, 1.807) is 19.1 Å². The highest BCUT2D eigenvalue weighted by Crippen LogP contribution is 2.21. The van der Waals surface area contributed by atoms with Gasteiger partial charge in [0.05, 0.1) is 11.3 Å². The summed E-state index contributed by atoms with van der Waals surface area (Å²) in [6.45, 7) is 1.62. The molecule has 0 bridgehead atoms. The highest BCUT2D eigenvalue weighted by Gasteiger charge is 2.16. The van der Waals surface area contributed by atoms with Crippen molar-refractivity contribution in [3.05, 3.63) is 29.3 Å². The Kier molecular flexibility index (Phi) is 3.51. The van der Waals surface area contributed by atoms with E-state index >= 15 is 0 Å². The van der Waals surface area contributed by atoms with Crippen LogP contribution >= 0.6 is 0 Å². The first-order chi connectivity index (χ1) is 7.37. The first kappa shape index (κ1) is 12.5. The molecule has 0 radical (unpaired) electrons. The zero-order valence-electron chi connectivity index (χ0n) is 8.81. The number of carboxylic acids is 1. The summed E-state index contributed by atoms with van der Waals surface area (Å²) in [6, 6.07) is 4.51. The van der Waals surface area contributed by atoms with Gasteiger partial charge < -0.3 is 5.11 Å². The summed E-state index contributed by atoms with van der Waals surface area (Å²) in [5.74, 6) is -1.18. The molecule has 1 aromatic rings. The van der Waals surface area contributed by atoms with Gasteiger partial charge in [0.2, 0.25) is 0 Å². The third kappa shape index (κ3) is 2.71. The number of benzene rings is 1. The molecule has 6 nitrogen and oxygen atoms in total. The molecule has 0 amide bonds. The largest absolute Gasteiger partial charge is 0.478 e. The zero-order valence-corrected chi connectivity index (χ0v) is 9.63. The summed E-state index contributed by atoms with van der Waals surface area (Å²) < 4.78 is 26.8. The van der Waals surface area contributed by atoms with E-state index in [1.807, 2.05) is 0 Å². The van der Waals surface area contributed by atoms with E-state index in [-0.39, 0.29) is 11.3 Å². The lowest BCUT2D eigenvalue weighted by Crippen LogP contribution is -2.27. The van der Waals surface area contributed by atoms with E-state index in [9.17, 15) is 13.2 Å². The van der Waals surface area contributed by atoms with Crippen LogP contribution in [0.5, 0.6) is 0 Å². The molecule has 0 fully saturated rings. The SMILES string of the molecule is CNS(=O)(=O)Nc1c(C)cccc1C(=O)O. The fraction of sp³-hybridized carbons (Fsp3) is 0.222. The molecule has 0 aliphatic carbocycles. The maximum Gasteiger partial charge on any atom is 0.337 e. The molecule has 7 heteroatoms. The van der Waals surface area contributed by atoms with Gasteiger partial charge in [-0.25, -0.2) is 9.52 Å². The first-order valence-electron chi connectivity index (χ1n) is 4.41. The lowest BCUT2D eigenvalue weighted by atomic mass is 10.1. The Hall–Kier alpha value is -1.60. The molecule has 0 heterocycles. The number of carbonyl (C=O) groups is 1. The van der Waals surface area contributed by atoms with E-state index in [0.717, 1.165) is 0 Å². The van der Waals surface area contributed by atoms with Gasteiger partial charge in [-0.2, -0.15) is 8.42 Å². The Labute approximate surface area is 93.5 Å². The molecule has 0 aliphatic rings. The summed E-state index contributed by atoms with van der Waals surface area (Å²) in [6.07, 6.45) is 0. The normalized spacial score (nSPS) is 11.1. The van der Waals surface area contributed by atoms with Gasteiger partial charge in [-0.1, -0.05) is 12.1 Å². The average molecular weight is 244 g/mol. The summed E-state index contributed by atoms with van der Waals surface area (Å²) in [5, 5.41) is 8.90. The Morgan fingerprint density at radius 1 is 1.38 bits per heavy atom. The van der Waals surface area contributed by atoms with Gasteiger partial charge in [0.25, 0.3) is 10.2 Å². The average Bonchev–Trinajstić information content (AvgIpc) is 2.20. The third-order valence-corrected chi connectivity index (χ3v) is 3.02. The molecule has 1 aromatic carbocycles. The molecule has 0 aromatic heterocycles. The van der Waals surface area contributed by atoms with Gasteiger partial charge in [0.1, 0.15) is 0 Å². The van der Waals surface area contributed by atoms with Gasteiger partial charge in [-0.3, -0.25) is 4.72 Å². The molecule has 1 rings (SSSR count). The quantitative estimate of drug-likeness (QED) is 0.721. The first-order valence-corrected chi connectivity index (χ1v) is 5.90. The van der Waals surface area contributed by atoms with Gasteiger partial charge in [0.15, 0.2) is 0 Å². The zero-order chi connectivity index (χ0) is 12.3. The second-order valence-corrected chi connectivity index (χ2v) is 4.73. The minimum atomic E-state index is -3.71. The molecule has 0 saturated heterocycles. The molecule has 88 valence electrons. The predicted molar refractivity (Wildman–Crippen MR) is 59.7 cm³/mol. The summed E-state index contributed by atoms with van der Waals surface area (Å²) in [5.41, 5.74) is 0.530. The number of aryl methyl sites for hydroxylation is 1. The summed E-state index contributed by atoms with van der Waals surface area (Å²) >= 11 is 0. The van der Waals surface area contributed by atoms with E-state index in [2.05, 4.69) is 9.44 Å². The van der Waals surface area contributed by atoms with E-state index in [0.29, 0.717) is 5.56 Å². The molecule has 0 aliphatic heterocycles. The number of hydrogen-bond donors (Lipinski definition) is 3. The van der Waals surface area contributed by atoms with Crippen LogP contribution in [0.25, 0.3) is 0 Å². The van der Waals surface area contributed by atoms with Crippen molar-refractivity contribution in [3.63, 3.8) is 0 Å². The minimum Gasteiger partial charge on any atom is -0.478 e. The van der Waals surface area contributed by atoms with E-state index in [4.69, 9.17) is 5.11 Å². The summed E-state index contributed by atoms with van der Waals surface area (Å²) in [7, 11) is -2.48. The van der Waals surface area contributed by atoms with Crippen molar-refractivity contribution >= 4 is 21.9 Å². The predicted octanol–water partition coefficient (Wildman–Crippen LogP) is 0.569. The van der Waals surface area contributed by atoms with Crippen molar-refractivity contribution < 1.29 is 18.3 Å². The molecular weight excluding hydrogens is 232 g/mol. The maximum atomic E-state index is 11.3. The Morgan fingerprint density at radius 3 is 2.50 bits per heavy atom. The van der Waals surface area contributed by atoms with Crippen LogP contribution in [0.1, 0.15) is 15.9 Å². The van der Waals surface area contributed by atoms with Gasteiger partial charge in [-0.05, 0) is 18.6 Å². The number of hydrogen-bond acceptors (Lipinski definition) is 3. The van der Waals surface area contributed by atoms with Gasteiger partial charge >= 0.3 is 5.97 Å². The maximum absolute atomic E-state index is 11.3. The molecule has 0 spiro atoms. The minimum absolute atomic E-state index is 0.0735. The molecule has 0 unspecified atom stereocenters. The lowest BCUT2D eigenvalue weighted by Gasteiger charge is -2.11. The van der Waals surface area contributed by atoms with Crippen molar-refractivity contribution in [2.75, 3.05) is 11.8 Å². The third-order valence-electron chi connectivity index (χ3n) is 2.01. The highest BCUT2D eigenvalue weighted by molar-refractivity contribution is 7.90. The number of rotatable bonds is 4. The molecule has 0 atom stereocenters. The van der Waals surface area contributed by atoms with Crippen LogP contribution in [0.4, 0.5) is 5.69 Å². The second-order valence-electron chi connectivity index (χ2n) is 3.11. The van der Waals surface area contributed by atoms with Crippen LogP contribution in [0, 0.1) is 6.92 Å². The number of nitrogens with one attached hydrogen (secondary N) is 2. The number of para-hydroxylation sites is 1. The molecule has 3 N–H and O–H groups in total. The van der Waals surface area contributed by atoms with Crippen LogP contribution in [0.2, 0.25) is 0 Å². The van der Waals surface area contributed by atoms with Crippen molar-refractivity contribution in [3.8, 4) is 0 Å². The van der Waals surface area contributed by atoms with Gasteiger partial charge in [0, 0.05) is 7.05 Å². The topological polar surface area (TPSA) is 95.5 Å². The monoisotopic (exact) mass is 244 g/mol. The van der Waals surface area contributed by atoms with Crippen molar-refractivity contribution in [1.82, 2.24) is 4.72 Å². The number of anilines is 1. The van der Waals surface area contributed by atoms with Crippen molar-refractivity contribution in [2.24, 2.45) is 0 Å². The van der Waals surface area contributed by atoms with Crippen molar-refractivity contribution in [1.29, 1.82) is 0 Å². The standard InChI is InChI=1S/C9H12N2O4S/c1-6-4-3-5-7(9(12)13)8(6)11-16(14,15)10-2/h3-5,10-11H,1-2H3,(H,12,13). The van der Waals surface area contributed by atoms with Crippen LogP contribution in [-0.4, -0.2) is 26.5 Å². The van der Waals surface area contributed by atoms with E-state index < -0.39 is 16.2 Å². The Bertz CT molecular complexity index is 510. The Morgan fingerprint density at radius 2 is 2.00 bits per heavy atom. The van der Waals surface area contributed by atoms with Crippen LogP contribution < -0.4 is 9.44 Å². The van der Waals surface area contributed by atoms with Crippen LogP contribution in [0.3, 0.4) is 0 Å². The lowest BCUT2D eigenvalue weighted by molar-refractivity contribution is 0.0698. The number of aromatic carboxylic acids is 1. The highest BCUT2D eigenvalue weighted by atomic mass is 32.2. The Balaban J connectivity index is 3.27. The van der Waals surface area contributed by atoms with Crippen LogP contribution in [-0.2, 0) is 10.2 Å². The van der Waals surface area contributed by atoms with Crippen LogP contribution in [0.15, 0.2) is 18.2 Å². The van der Waals surface area contributed by atoms with Crippen molar-refractivity contribution in [2.45, 2.75) is 6.92 Å². The second kappa shape index (κ2) is 4.50.